The number of carbonyl (C=O) groups excluding carboxylic acids is 3. The Hall–Kier alpha value is -7.66. The number of hydrogen-bond acceptors (Lipinski definition) is 21. The van der Waals surface area contributed by atoms with Crippen molar-refractivity contribution in [2.24, 2.45) is 0 Å². The number of aromatic nitrogens is 12. The summed E-state index contributed by atoms with van der Waals surface area (Å²) in [6, 6.07) is 5.94. The molecule has 6 rings (SSSR count). The molecule has 0 atom stereocenters. The van der Waals surface area contributed by atoms with Crippen LogP contribution < -0.4 is 10.6 Å². The fourth-order valence-corrected chi connectivity index (χ4v) is 5.23. The highest BCUT2D eigenvalue weighted by Gasteiger charge is 2.26. The predicted octanol–water partition coefficient (Wildman–Crippen LogP) is 1.86. The topological polar surface area (TPSA) is 364 Å². The molecule has 0 aliphatic carbocycles. The standard InChI is InChI=1S/C27H22N14O12S3/c42-9-1-13(19(45)16(4-9)39-23(54)30-33-36-39)22(48)53-12(7-51-26(49)28-14-2-10(43)5-17(20(14)46)40-24(55)31-34-37-40)8-52-27(50)29-15-3-11(44)6-18(21(15)47)41-25(56)32-35-38-41/h1-6,12,42-47H,7-8H2,(H,28,49)(H,29,50)(H,30,36,54)(H,31,37,55)(H,32,38,56). The van der Waals surface area contributed by atoms with Crippen molar-refractivity contribution in [2.45, 2.75) is 6.10 Å². The minimum atomic E-state index is -1.68. The highest BCUT2D eigenvalue weighted by Crippen LogP contribution is 2.36. The van der Waals surface area contributed by atoms with Gasteiger partial charge in [-0.1, -0.05) is 30.9 Å². The molecule has 2 amide bonds. The molecular formula is C27H22N14O12S3. The number of amides is 2. The van der Waals surface area contributed by atoms with Crippen LogP contribution in [-0.2, 0) is 14.2 Å². The average molecular weight is 831 g/mol. The Morgan fingerprint density at radius 3 is 1.36 bits per heavy atom. The van der Waals surface area contributed by atoms with Crippen molar-refractivity contribution in [1.29, 1.82) is 0 Å². The van der Waals surface area contributed by atoms with Crippen LogP contribution in [0.25, 0.3) is 17.1 Å². The molecule has 0 bridgehead atoms. The van der Waals surface area contributed by atoms with Crippen LogP contribution in [0.3, 0.4) is 0 Å². The molecule has 0 saturated carbocycles. The summed E-state index contributed by atoms with van der Waals surface area (Å²) in [5.41, 5.74) is -1.98. The SMILES string of the molecule is O=C(Nc1cc(O)cc(-n2[nH]nnc2=S)c1O)OCC(COC(=O)Nc1cc(O)cc(-n2[nH]nnc2=S)c1O)OC(=O)c1cc(O)cc(-n2[nH]nnc2=S)c1O. The minimum Gasteiger partial charge on any atom is -0.508 e. The number of H-pyrrole nitrogens is 3. The molecule has 26 nitrogen and oxygen atoms in total. The lowest BCUT2D eigenvalue weighted by Crippen LogP contribution is -2.32. The molecule has 0 spiro atoms. The van der Waals surface area contributed by atoms with Gasteiger partial charge < -0.3 is 44.8 Å². The highest BCUT2D eigenvalue weighted by atomic mass is 32.1. The van der Waals surface area contributed by atoms with Gasteiger partial charge >= 0.3 is 18.2 Å². The zero-order valence-electron chi connectivity index (χ0n) is 27.3. The molecule has 0 unspecified atom stereocenters. The summed E-state index contributed by atoms with van der Waals surface area (Å²) in [5.74, 6) is -4.76. The number of ether oxygens (including phenoxy) is 3. The van der Waals surface area contributed by atoms with Crippen LogP contribution in [0.5, 0.6) is 34.5 Å². The quantitative estimate of drug-likeness (QED) is 0.0292. The Kier molecular flexibility index (Phi) is 10.7. The van der Waals surface area contributed by atoms with E-state index in [1.54, 1.807) is 0 Å². The smallest absolute Gasteiger partial charge is 0.411 e. The van der Waals surface area contributed by atoms with Crippen molar-refractivity contribution >= 4 is 66.2 Å². The molecule has 3 aromatic carbocycles. The molecule has 290 valence electrons. The van der Waals surface area contributed by atoms with Crippen molar-refractivity contribution in [3.05, 3.63) is 56.3 Å². The van der Waals surface area contributed by atoms with Crippen molar-refractivity contribution in [3.63, 3.8) is 0 Å². The van der Waals surface area contributed by atoms with E-state index in [4.69, 9.17) is 50.9 Å². The lowest BCUT2D eigenvalue weighted by Gasteiger charge is -2.20. The van der Waals surface area contributed by atoms with E-state index in [0.29, 0.717) is 0 Å². The Labute approximate surface area is 323 Å². The van der Waals surface area contributed by atoms with Gasteiger partial charge in [0.2, 0.25) is 14.3 Å². The third-order valence-electron chi connectivity index (χ3n) is 7.13. The maximum Gasteiger partial charge on any atom is 0.411 e. The number of phenolic OH excluding ortho intramolecular Hbond substituents is 6. The summed E-state index contributed by atoms with van der Waals surface area (Å²) in [7, 11) is 0. The third-order valence-corrected chi connectivity index (χ3v) is 7.92. The second-order valence-electron chi connectivity index (χ2n) is 10.8. The van der Waals surface area contributed by atoms with Crippen molar-refractivity contribution < 1.29 is 59.2 Å². The van der Waals surface area contributed by atoms with E-state index in [1.165, 1.54) is 0 Å². The first-order chi connectivity index (χ1) is 26.7. The van der Waals surface area contributed by atoms with E-state index >= 15 is 0 Å². The van der Waals surface area contributed by atoms with E-state index in [-0.39, 0.29) is 42.8 Å². The predicted molar refractivity (Wildman–Crippen MR) is 189 cm³/mol. The Balaban J connectivity index is 1.21. The van der Waals surface area contributed by atoms with E-state index in [9.17, 15) is 45.0 Å². The number of tetrazole rings is 3. The van der Waals surface area contributed by atoms with Crippen LogP contribution in [0.15, 0.2) is 36.4 Å². The summed E-state index contributed by atoms with van der Waals surface area (Å²) < 4.78 is 18.2. The Morgan fingerprint density at radius 2 is 0.982 bits per heavy atom. The molecule has 3 heterocycles. The largest absolute Gasteiger partial charge is 0.508 e. The highest BCUT2D eigenvalue weighted by molar-refractivity contribution is 7.71. The molecule has 3 aromatic heterocycles. The van der Waals surface area contributed by atoms with Crippen LogP contribution in [0.4, 0.5) is 21.0 Å². The number of benzene rings is 3. The summed E-state index contributed by atoms with van der Waals surface area (Å²) in [5, 5.41) is 95.7. The number of nitrogens with zero attached hydrogens (tertiary/aromatic N) is 9. The van der Waals surface area contributed by atoms with E-state index in [0.717, 1.165) is 50.4 Å². The summed E-state index contributed by atoms with van der Waals surface area (Å²) in [6.45, 7) is -1.75. The number of esters is 1. The van der Waals surface area contributed by atoms with Gasteiger partial charge in [0, 0.05) is 30.3 Å². The molecule has 0 aliphatic rings. The second-order valence-corrected chi connectivity index (χ2v) is 11.9. The van der Waals surface area contributed by atoms with Gasteiger partial charge in [0.05, 0.1) is 11.4 Å². The number of aromatic hydroxyl groups is 6. The number of aromatic amines is 3. The Bertz CT molecular complexity index is 2550. The van der Waals surface area contributed by atoms with Gasteiger partial charge in [-0.15, -0.1) is 0 Å². The van der Waals surface area contributed by atoms with Gasteiger partial charge in [-0.2, -0.15) is 15.6 Å². The monoisotopic (exact) mass is 830 g/mol. The maximum absolute atomic E-state index is 13.4. The first kappa shape index (κ1) is 38.1. The van der Waals surface area contributed by atoms with Gasteiger partial charge in [0.1, 0.15) is 53.1 Å². The molecule has 0 radical (unpaired) electrons. The van der Waals surface area contributed by atoms with Crippen LogP contribution in [0.1, 0.15) is 10.4 Å². The van der Waals surface area contributed by atoms with Gasteiger partial charge in [-0.25, -0.2) is 28.4 Å². The average Bonchev–Trinajstić information content (AvgIpc) is 3.90. The zero-order valence-corrected chi connectivity index (χ0v) is 29.8. The zero-order chi connectivity index (χ0) is 40.3. The number of anilines is 2. The normalized spacial score (nSPS) is 10.9. The fourth-order valence-electron chi connectivity index (χ4n) is 4.69. The maximum atomic E-state index is 13.4. The molecule has 0 aliphatic heterocycles. The van der Waals surface area contributed by atoms with Crippen molar-refractivity contribution in [1.82, 2.24) is 60.6 Å². The van der Waals surface area contributed by atoms with Gasteiger partial charge in [-0.05, 0) is 42.7 Å². The van der Waals surface area contributed by atoms with Crippen LogP contribution >= 0.6 is 36.7 Å². The first-order valence-corrected chi connectivity index (χ1v) is 16.2. The van der Waals surface area contributed by atoms with Crippen LogP contribution in [0.2, 0.25) is 0 Å². The number of nitrogens with one attached hydrogen (secondary N) is 5. The summed E-state index contributed by atoms with van der Waals surface area (Å²) in [6.07, 6.45) is -4.26. The van der Waals surface area contributed by atoms with Crippen LogP contribution in [-0.4, -0.2) is 129 Å². The van der Waals surface area contributed by atoms with E-state index < -0.39 is 77.5 Å². The lowest BCUT2D eigenvalue weighted by molar-refractivity contribution is -0.0106. The number of carbonyl (C=O) groups is 3. The molecular weight excluding hydrogens is 809 g/mol. The number of rotatable bonds is 11. The molecule has 56 heavy (non-hydrogen) atoms. The third kappa shape index (κ3) is 8.12. The van der Waals surface area contributed by atoms with Gasteiger partial charge in [0.25, 0.3) is 0 Å². The second kappa shape index (κ2) is 15.7. The molecule has 11 N–H and O–H groups in total. The van der Waals surface area contributed by atoms with Gasteiger partial charge in [0.15, 0.2) is 23.4 Å². The summed E-state index contributed by atoms with van der Waals surface area (Å²) >= 11 is 15.0. The number of hydrogen-bond donors (Lipinski definition) is 11. The van der Waals surface area contributed by atoms with E-state index in [2.05, 4.69) is 57.2 Å². The minimum absolute atomic E-state index is 0.137. The molecule has 6 aromatic rings. The summed E-state index contributed by atoms with van der Waals surface area (Å²) in [4.78, 5) is 39.2. The van der Waals surface area contributed by atoms with E-state index in [1.807, 2.05) is 0 Å². The van der Waals surface area contributed by atoms with Crippen molar-refractivity contribution in [2.75, 3.05) is 23.8 Å². The lowest BCUT2D eigenvalue weighted by atomic mass is 10.1. The van der Waals surface area contributed by atoms with Crippen LogP contribution in [0, 0.1) is 14.3 Å². The first-order valence-electron chi connectivity index (χ1n) is 15.0. The Morgan fingerprint density at radius 1 is 0.607 bits per heavy atom. The van der Waals surface area contributed by atoms with Gasteiger partial charge in [-0.3, -0.25) is 10.6 Å². The molecule has 29 heteroatoms. The molecule has 0 saturated heterocycles. The van der Waals surface area contributed by atoms with Crippen molar-refractivity contribution in [3.8, 4) is 51.6 Å². The number of phenols is 6. The fraction of sp³-hybridized carbons (Fsp3) is 0.111. The molecule has 0 fully saturated rings.